The minimum Gasteiger partial charge on any atom is -0.462 e. The van der Waals surface area contributed by atoms with Crippen LogP contribution >= 0.6 is 27.3 Å². The summed E-state index contributed by atoms with van der Waals surface area (Å²) in [4.78, 5) is 18.1. The van der Waals surface area contributed by atoms with E-state index in [1.165, 1.54) is 37.7 Å². The van der Waals surface area contributed by atoms with Gasteiger partial charge in [-0.1, -0.05) is 48.5 Å². The van der Waals surface area contributed by atoms with E-state index in [0.717, 1.165) is 29.7 Å². The van der Waals surface area contributed by atoms with Gasteiger partial charge in [0.05, 0.1) is 12.2 Å². The van der Waals surface area contributed by atoms with Gasteiger partial charge >= 0.3 is 5.97 Å². The fourth-order valence-electron chi connectivity index (χ4n) is 3.51. The lowest BCUT2D eigenvalue weighted by Gasteiger charge is -2.20. The summed E-state index contributed by atoms with van der Waals surface area (Å²) in [6.07, 6.45) is 13.1. The highest BCUT2D eigenvalue weighted by molar-refractivity contribution is 9.09. The lowest BCUT2D eigenvalue weighted by Crippen LogP contribution is -2.16. The molecule has 0 saturated carbocycles. The first-order valence-corrected chi connectivity index (χ1v) is 12.2. The van der Waals surface area contributed by atoms with Gasteiger partial charge in [0.1, 0.15) is 0 Å². The fourth-order valence-corrected chi connectivity index (χ4v) is 5.35. The van der Waals surface area contributed by atoms with Crippen molar-refractivity contribution >= 4 is 33.2 Å². The van der Waals surface area contributed by atoms with Crippen molar-refractivity contribution in [3.8, 4) is 0 Å². The average molecular weight is 466 g/mol. The molecule has 0 bridgehead atoms. The van der Waals surface area contributed by atoms with Crippen LogP contribution in [0.2, 0.25) is 0 Å². The quantitative estimate of drug-likeness (QED) is 0.184. The number of unbranched alkanes of at least 4 members (excludes halogenated alkanes) is 3. The smallest absolute Gasteiger partial charge is 0.339 e. The first-order chi connectivity index (χ1) is 13.6. The number of aromatic nitrogens is 1. The maximum absolute atomic E-state index is 12.3. The van der Waals surface area contributed by atoms with Crippen LogP contribution < -0.4 is 0 Å². The molecule has 2 heterocycles. The highest BCUT2D eigenvalue weighted by Crippen LogP contribution is 2.29. The van der Waals surface area contributed by atoms with Gasteiger partial charge in [0, 0.05) is 22.1 Å². The molecule has 0 saturated heterocycles. The number of carbonyl (C=O) groups excluding carboxylic acids is 1. The van der Waals surface area contributed by atoms with E-state index in [1.807, 2.05) is 30.8 Å². The lowest BCUT2D eigenvalue weighted by atomic mass is 9.89. The fraction of sp³-hybridized carbons (Fsp3) is 0.565. The standard InChI is InChI=1S/C23H32BrNO2S/c1-3-5-6-7-8-20(24)16-19(15-18-9-12-25-13-10-18)17-22-21(11-14-28-22)23(26)27-4-2/h9-14,19-20H,3-8,15-17H2,1-2H3. The van der Waals surface area contributed by atoms with Crippen LogP contribution in [0.5, 0.6) is 0 Å². The molecule has 2 atom stereocenters. The molecule has 0 radical (unpaired) electrons. The largest absolute Gasteiger partial charge is 0.462 e. The summed E-state index contributed by atoms with van der Waals surface area (Å²) in [6.45, 7) is 4.51. The number of pyridine rings is 1. The normalized spacial score (nSPS) is 13.2. The van der Waals surface area contributed by atoms with Gasteiger partial charge < -0.3 is 4.74 Å². The van der Waals surface area contributed by atoms with E-state index in [1.54, 1.807) is 11.3 Å². The van der Waals surface area contributed by atoms with Crippen LogP contribution in [0.4, 0.5) is 0 Å². The van der Waals surface area contributed by atoms with E-state index in [4.69, 9.17) is 4.74 Å². The van der Waals surface area contributed by atoms with Crippen molar-refractivity contribution in [1.29, 1.82) is 0 Å². The van der Waals surface area contributed by atoms with E-state index in [-0.39, 0.29) is 5.97 Å². The lowest BCUT2D eigenvalue weighted by molar-refractivity contribution is 0.0525. The van der Waals surface area contributed by atoms with Crippen molar-refractivity contribution in [2.45, 2.75) is 70.0 Å². The minimum atomic E-state index is -0.198. The second kappa shape index (κ2) is 13.1. The van der Waals surface area contributed by atoms with Crippen LogP contribution in [0.25, 0.3) is 0 Å². The number of rotatable bonds is 13. The molecule has 0 aliphatic heterocycles. The maximum atomic E-state index is 12.3. The van der Waals surface area contributed by atoms with Gasteiger partial charge in [-0.15, -0.1) is 11.3 Å². The zero-order valence-corrected chi connectivity index (χ0v) is 19.4. The molecule has 0 spiro atoms. The van der Waals surface area contributed by atoms with E-state index in [2.05, 4.69) is 40.0 Å². The molecule has 0 aliphatic rings. The van der Waals surface area contributed by atoms with Gasteiger partial charge in [-0.05, 0) is 67.7 Å². The number of esters is 1. The van der Waals surface area contributed by atoms with E-state index in [9.17, 15) is 4.79 Å². The summed E-state index contributed by atoms with van der Waals surface area (Å²) in [5.74, 6) is 0.279. The van der Waals surface area contributed by atoms with Gasteiger partial charge in [0.2, 0.25) is 0 Å². The Bertz CT molecular complexity index is 689. The van der Waals surface area contributed by atoms with E-state index in [0.29, 0.717) is 17.4 Å². The third kappa shape index (κ3) is 8.04. The van der Waals surface area contributed by atoms with E-state index >= 15 is 0 Å². The highest BCUT2D eigenvalue weighted by Gasteiger charge is 2.21. The molecule has 154 valence electrons. The molecule has 5 heteroatoms. The summed E-state index contributed by atoms with van der Waals surface area (Å²) in [5, 5.41) is 2.00. The van der Waals surface area contributed by atoms with E-state index < -0.39 is 0 Å². The summed E-state index contributed by atoms with van der Waals surface area (Å²) in [5.41, 5.74) is 2.04. The van der Waals surface area contributed by atoms with Gasteiger partial charge in [0.25, 0.3) is 0 Å². The molecule has 3 nitrogen and oxygen atoms in total. The summed E-state index contributed by atoms with van der Waals surface area (Å²) < 4.78 is 5.23. The number of halogens is 1. The summed E-state index contributed by atoms with van der Waals surface area (Å²) >= 11 is 5.59. The van der Waals surface area contributed by atoms with Crippen LogP contribution in [-0.2, 0) is 17.6 Å². The van der Waals surface area contributed by atoms with Crippen molar-refractivity contribution in [1.82, 2.24) is 4.98 Å². The Kier molecular flexibility index (Phi) is 10.8. The zero-order valence-electron chi connectivity index (χ0n) is 17.0. The number of hydrogen-bond acceptors (Lipinski definition) is 4. The van der Waals surface area contributed by atoms with Crippen molar-refractivity contribution in [2.24, 2.45) is 5.92 Å². The van der Waals surface area contributed by atoms with Crippen LogP contribution in [0.15, 0.2) is 36.0 Å². The highest BCUT2D eigenvalue weighted by atomic mass is 79.9. The number of ether oxygens (including phenoxy) is 1. The second-order valence-corrected chi connectivity index (χ2v) is 9.59. The Balaban J connectivity index is 2.04. The Morgan fingerprint density at radius 2 is 1.93 bits per heavy atom. The molecular formula is C23H32BrNO2S. The predicted octanol–water partition coefficient (Wildman–Crippen LogP) is 6.85. The Hall–Kier alpha value is -1.20. The predicted molar refractivity (Wildman–Crippen MR) is 122 cm³/mol. The van der Waals surface area contributed by atoms with Gasteiger partial charge in [-0.25, -0.2) is 4.79 Å². The molecule has 28 heavy (non-hydrogen) atoms. The number of carbonyl (C=O) groups is 1. The molecule has 2 aromatic heterocycles. The topological polar surface area (TPSA) is 39.2 Å². The first-order valence-electron chi connectivity index (χ1n) is 10.4. The number of thiophene rings is 1. The molecule has 0 aliphatic carbocycles. The van der Waals surface area contributed by atoms with Gasteiger partial charge in [-0.3, -0.25) is 4.98 Å². The summed E-state index contributed by atoms with van der Waals surface area (Å²) in [6, 6.07) is 6.09. The van der Waals surface area contributed by atoms with Crippen LogP contribution in [-0.4, -0.2) is 22.4 Å². The Labute approximate surface area is 182 Å². The minimum absolute atomic E-state index is 0.198. The third-order valence-corrected chi connectivity index (χ3v) is 6.72. The molecule has 0 amide bonds. The Morgan fingerprint density at radius 1 is 1.14 bits per heavy atom. The zero-order chi connectivity index (χ0) is 20.2. The van der Waals surface area contributed by atoms with Crippen molar-refractivity contribution in [3.05, 3.63) is 52.0 Å². The van der Waals surface area contributed by atoms with Crippen molar-refractivity contribution < 1.29 is 9.53 Å². The molecule has 0 aromatic carbocycles. The molecule has 2 aromatic rings. The Morgan fingerprint density at radius 3 is 2.64 bits per heavy atom. The van der Waals surface area contributed by atoms with Crippen LogP contribution in [0.3, 0.4) is 0 Å². The molecule has 0 N–H and O–H groups in total. The van der Waals surface area contributed by atoms with Crippen LogP contribution in [0, 0.1) is 5.92 Å². The van der Waals surface area contributed by atoms with Gasteiger partial charge in [-0.2, -0.15) is 0 Å². The van der Waals surface area contributed by atoms with Gasteiger partial charge in [0.15, 0.2) is 0 Å². The SMILES string of the molecule is CCCCCCC(Br)CC(Cc1ccncc1)Cc1sccc1C(=O)OCC. The average Bonchev–Trinajstić information content (AvgIpc) is 3.14. The van der Waals surface area contributed by atoms with Crippen LogP contribution in [0.1, 0.15) is 73.2 Å². The first kappa shape index (κ1) is 23.1. The summed E-state index contributed by atoms with van der Waals surface area (Å²) in [7, 11) is 0. The third-order valence-electron chi connectivity index (χ3n) is 4.95. The number of alkyl halides is 1. The number of nitrogens with zero attached hydrogens (tertiary/aromatic N) is 1. The van der Waals surface area contributed by atoms with Crippen molar-refractivity contribution in [2.75, 3.05) is 6.61 Å². The second-order valence-electron chi connectivity index (χ2n) is 7.29. The van der Waals surface area contributed by atoms with Crippen molar-refractivity contribution in [3.63, 3.8) is 0 Å². The maximum Gasteiger partial charge on any atom is 0.339 e. The molecule has 2 rings (SSSR count). The molecular weight excluding hydrogens is 434 g/mol. The molecule has 0 fully saturated rings. The molecule has 2 unspecified atom stereocenters. The number of hydrogen-bond donors (Lipinski definition) is 0. The monoisotopic (exact) mass is 465 g/mol.